The van der Waals surface area contributed by atoms with Crippen LogP contribution in [0.3, 0.4) is 0 Å². The predicted octanol–water partition coefficient (Wildman–Crippen LogP) is 3.17. The lowest BCUT2D eigenvalue weighted by Crippen LogP contribution is -2.60. The normalized spacial score (nSPS) is 19.3. The van der Waals surface area contributed by atoms with Gasteiger partial charge in [0, 0.05) is 17.1 Å². The van der Waals surface area contributed by atoms with Crippen molar-refractivity contribution in [3.8, 4) is 0 Å². The molecule has 25 heavy (non-hydrogen) atoms. The number of hydrogen-bond acceptors (Lipinski definition) is 4. The highest BCUT2D eigenvalue weighted by molar-refractivity contribution is 9.10. The number of amides is 1. The zero-order valence-corrected chi connectivity index (χ0v) is 14.8. The summed E-state index contributed by atoms with van der Waals surface area (Å²) in [6.07, 6.45) is -0.891. The molecule has 0 spiro atoms. The van der Waals surface area contributed by atoms with Crippen LogP contribution in [0.4, 0.5) is 5.69 Å². The molecular formula is C18H14BrNO5. The molecule has 1 aliphatic heterocycles. The number of benzene rings is 2. The van der Waals surface area contributed by atoms with E-state index < -0.39 is 24.1 Å². The van der Waals surface area contributed by atoms with E-state index >= 15 is 0 Å². The first-order valence-electron chi connectivity index (χ1n) is 7.47. The van der Waals surface area contributed by atoms with E-state index in [0.717, 1.165) is 10.0 Å². The Kier molecular flexibility index (Phi) is 4.59. The van der Waals surface area contributed by atoms with Crippen molar-refractivity contribution in [2.24, 2.45) is 0 Å². The number of β-lactam (4-membered cyclic amide) rings is 1. The van der Waals surface area contributed by atoms with Gasteiger partial charge in [0.15, 0.2) is 0 Å². The number of carboxylic acids is 1. The van der Waals surface area contributed by atoms with Gasteiger partial charge >= 0.3 is 11.9 Å². The molecule has 0 unspecified atom stereocenters. The molecule has 1 saturated heterocycles. The molecule has 128 valence electrons. The molecule has 2 aromatic rings. The van der Waals surface area contributed by atoms with Crippen LogP contribution in [0.5, 0.6) is 0 Å². The van der Waals surface area contributed by atoms with Crippen LogP contribution in [0.2, 0.25) is 0 Å². The Morgan fingerprint density at radius 3 is 2.20 bits per heavy atom. The van der Waals surface area contributed by atoms with Gasteiger partial charge in [-0.2, -0.15) is 0 Å². The fraction of sp³-hybridized carbons (Fsp3) is 0.167. The summed E-state index contributed by atoms with van der Waals surface area (Å²) in [6.45, 7) is 1.26. The number of halogens is 1. The molecule has 7 heteroatoms. The zero-order valence-electron chi connectivity index (χ0n) is 13.2. The molecule has 0 aromatic heterocycles. The lowest BCUT2D eigenvalue weighted by atomic mass is 9.89. The summed E-state index contributed by atoms with van der Waals surface area (Å²) in [7, 11) is 0. The Labute approximate surface area is 152 Å². The van der Waals surface area contributed by atoms with E-state index in [1.165, 1.54) is 24.0 Å². The number of anilines is 1. The number of hydrogen-bond donors (Lipinski definition) is 1. The number of carboxylic acid groups (broad SMARTS) is 1. The van der Waals surface area contributed by atoms with Crippen LogP contribution < -0.4 is 4.90 Å². The Morgan fingerprint density at radius 2 is 1.68 bits per heavy atom. The van der Waals surface area contributed by atoms with E-state index in [-0.39, 0.29) is 11.5 Å². The quantitative estimate of drug-likeness (QED) is 0.625. The van der Waals surface area contributed by atoms with Crippen LogP contribution in [0.1, 0.15) is 28.9 Å². The molecule has 1 N–H and O–H groups in total. The van der Waals surface area contributed by atoms with Crippen LogP contribution in [-0.2, 0) is 14.3 Å². The minimum absolute atomic E-state index is 0.133. The summed E-state index contributed by atoms with van der Waals surface area (Å²) in [6, 6.07) is 12.9. The molecule has 3 rings (SSSR count). The second-order valence-electron chi connectivity index (χ2n) is 5.59. The third-order valence-electron chi connectivity index (χ3n) is 3.94. The number of aromatic carboxylic acids is 1. The standard InChI is InChI=1S/C18H14BrNO5/c1-10(21)25-16-15(11-2-6-13(19)7-3-11)20(17(16)22)14-8-4-12(5-9-14)18(23)24/h2-9,15-16H,1H3,(H,23,24)/t15-,16-/m0/s1. The van der Waals surface area contributed by atoms with Gasteiger partial charge in [-0.15, -0.1) is 0 Å². The Hall–Kier alpha value is -2.67. The van der Waals surface area contributed by atoms with E-state index in [0.29, 0.717) is 5.69 Å². The molecule has 2 aromatic carbocycles. The van der Waals surface area contributed by atoms with E-state index in [4.69, 9.17) is 9.84 Å². The monoisotopic (exact) mass is 403 g/mol. The van der Waals surface area contributed by atoms with Crippen LogP contribution in [0.25, 0.3) is 0 Å². The van der Waals surface area contributed by atoms with Gasteiger partial charge in [-0.1, -0.05) is 28.1 Å². The molecule has 1 heterocycles. The fourth-order valence-electron chi connectivity index (χ4n) is 2.79. The fourth-order valence-corrected chi connectivity index (χ4v) is 3.06. The van der Waals surface area contributed by atoms with E-state index in [1.807, 2.05) is 24.3 Å². The molecule has 1 fully saturated rings. The highest BCUT2D eigenvalue weighted by atomic mass is 79.9. The zero-order chi connectivity index (χ0) is 18.1. The van der Waals surface area contributed by atoms with Gasteiger partial charge in [-0.3, -0.25) is 14.5 Å². The van der Waals surface area contributed by atoms with Gasteiger partial charge in [0.1, 0.15) is 6.04 Å². The van der Waals surface area contributed by atoms with Crippen LogP contribution >= 0.6 is 15.9 Å². The second-order valence-corrected chi connectivity index (χ2v) is 6.50. The van der Waals surface area contributed by atoms with Gasteiger partial charge in [-0.25, -0.2) is 4.79 Å². The third-order valence-corrected chi connectivity index (χ3v) is 4.47. The molecule has 1 aliphatic rings. The predicted molar refractivity (Wildman–Crippen MR) is 93.3 cm³/mol. The lowest BCUT2D eigenvalue weighted by molar-refractivity contribution is -0.160. The van der Waals surface area contributed by atoms with Crippen molar-refractivity contribution in [1.82, 2.24) is 0 Å². The van der Waals surface area contributed by atoms with Gasteiger partial charge in [0.05, 0.1) is 5.56 Å². The summed E-state index contributed by atoms with van der Waals surface area (Å²) in [5.74, 6) is -1.91. The molecule has 0 radical (unpaired) electrons. The smallest absolute Gasteiger partial charge is 0.335 e. The van der Waals surface area contributed by atoms with E-state index in [9.17, 15) is 14.4 Å². The van der Waals surface area contributed by atoms with Crippen molar-refractivity contribution in [1.29, 1.82) is 0 Å². The number of carbonyl (C=O) groups excluding carboxylic acids is 2. The molecule has 0 bridgehead atoms. The third kappa shape index (κ3) is 3.28. The van der Waals surface area contributed by atoms with Gasteiger partial charge in [0.25, 0.3) is 5.91 Å². The molecule has 6 nitrogen and oxygen atoms in total. The van der Waals surface area contributed by atoms with Crippen LogP contribution in [-0.4, -0.2) is 29.1 Å². The van der Waals surface area contributed by atoms with Crippen molar-refractivity contribution >= 4 is 39.5 Å². The van der Waals surface area contributed by atoms with Crippen molar-refractivity contribution in [2.75, 3.05) is 4.90 Å². The average molecular weight is 404 g/mol. The molecule has 2 atom stereocenters. The maximum absolute atomic E-state index is 12.5. The summed E-state index contributed by atoms with van der Waals surface area (Å²) >= 11 is 3.36. The molecule has 1 amide bonds. The maximum atomic E-state index is 12.5. The Morgan fingerprint density at radius 1 is 1.08 bits per heavy atom. The van der Waals surface area contributed by atoms with Gasteiger partial charge in [0.2, 0.25) is 6.10 Å². The minimum atomic E-state index is -1.04. The number of esters is 1. The van der Waals surface area contributed by atoms with Crippen molar-refractivity contribution in [3.05, 3.63) is 64.1 Å². The van der Waals surface area contributed by atoms with Crippen LogP contribution in [0.15, 0.2) is 53.0 Å². The SMILES string of the molecule is CC(=O)O[C@@H]1C(=O)N(c2ccc(C(=O)O)cc2)[C@H]1c1ccc(Br)cc1. The highest BCUT2D eigenvalue weighted by Gasteiger charge is 2.51. The molecule has 0 aliphatic carbocycles. The minimum Gasteiger partial charge on any atom is -0.478 e. The summed E-state index contributed by atoms with van der Waals surface area (Å²) in [4.78, 5) is 36.3. The molecule has 0 saturated carbocycles. The van der Waals surface area contributed by atoms with Crippen molar-refractivity contribution in [2.45, 2.75) is 19.1 Å². The van der Waals surface area contributed by atoms with Crippen molar-refractivity contribution < 1.29 is 24.2 Å². The first kappa shape index (κ1) is 17.2. The average Bonchev–Trinajstić information content (AvgIpc) is 2.58. The van der Waals surface area contributed by atoms with Gasteiger partial charge < -0.3 is 9.84 Å². The summed E-state index contributed by atoms with van der Waals surface area (Å²) in [5.41, 5.74) is 1.50. The lowest BCUT2D eigenvalue weighted by Gasteiger charge is -2.46. The largest absolute Gasteiger partial charge is 0.478 e. The number of carbonyl (C=O) groups is 3. The van der Waals surface area contributed by atoms with Crippen LogP contribution in [0, 0.1) is 0 Å². The Bertz CT molecular complexity index is 832. The maximum Gasteiger partial charge on any atom is 0.335 e. The summed E-state index contributed by atoms with van der Waals surface area (Å²) in [5, 5.41) is 8.99. The van der Waals surface area contributed by atoms with E-state index in [1.54, 1.807) is 12.1 Å². The highest BCUT2D eigenvalue weighted by Crippen LogP contribution is 2.41. The first-order valence-corrected chi connectivity index (χ1v) is 8.27. The van der Waals surface area contributed by atoms with Gasteiger partial charge in [-0.05, 0) is 42.0 Å². The topological polar surface area (TPSA) is 83.9 Å². The molecular weight excluding hydrogens is 390 g/mol. The number of nitrogens with zero attached hydrogens (tertiary/aromatic N) is 1. The number of ether oxygens (including phenoxy) is 1. The van der Waals surface area contributed by atoms with E-state index in [2.05, 4.69) is 15.9 Å². The number of rotatable bonds is 4. The Balaban J connectivity index is 1.95. The second kappa shape index (κ2) is 6.68. The first-order chi connectivity index (χ1) is 11.9. The summed E-state index contributed by atoms with van der Waals surface area (Å²) < 4.78 is 6.07. The van der Waals surface area contributed by atoms with Crippen molar-refractivity contribution in [3.63, 3.8) is 0 Å².